The first-order valence-electron chi connectivity index (χ1n) is 10.8. The summed E-state index contributed by atoms with van der Waals surface area (Å²) in [5, 5.41) is 4.96. The molecule has 0 aliphatic carbocycles. The first kappa shape index (κ1) is 20.1. The van der Waals surface area contributed by atoms with Crippen LogP contribution < -0.4 is 4.74 Å². The molecule has 0 unspecified atom stereocenters. The number of carbonyl (C=O) groups excluding carboxylic acids is 1. The van der Waals surface area contributed by atoms with Gasteiger partial charge in [-0.3, -0.25) is 4.79 Å². The second-order valence-electron chi connectivity index (χ2n) is 8.32. The van der Waals surface area contributed by atoms with Crippen LogP contribution >= 0.6 is 0 Å². The van der Waals surface area contributed by atoms with E-state index >= 15 is 0 Å². The summed E-state index contributed by atoms with van der Waals surface area (Å²) in [6.07, 6.45) is 4.42. The third-order valence-corrected chi connectivity index (χ3v) is 6.03. The minimum absolute atomic E-state index is 0.102. The maximum atomic E-state index is 13.0. The van der Waals surface area contributed by atoms with Crippen molar-refractivity contribution >= 4 is 5.91 Å². The number of aromatic nitrogens is 3. The van der Waals surface area contributed by atoms with Gasteiger partial charge in [-0.2, -0.15) is 5.10 Å². The van der Waals surface area contributed by atoms with Crippen LogP contribution in [0.5, 0.6) is 5.75 Å². The van der Waals surface area contributed by atoms with Crippen molar-refractivity contribution in [2.45, 2.75) is 33.4 Å². The highest BCUT2D eigenvalue weighted by Crippen LogP contribution is 2.32. The van der Waals surface area contributed by atoms with Gasteiger partial charge in [-0.15, -0.1) is 0 Å². The second kappa shape index (κ2) is 8.04. The molecule has 4 aromatic rings. The van der Waals surface area contributed by atoms with E-state index in [9.17, 15) is 4.79 Å². The lowest BCUT2D eigenvalue weighted by molar-refractivity contribution is -0.131. The third-order valence-electron chi connectivity index (χ3n) is 6.03. The van der Waals surface area contributed by atoms with Gasteiger partial charge in [0, 0.05) is 18.0 Å². The summed E-state index contributed by atoms with van der Waals surface area (Å²) in [5.74, 6) is 1.89. The molecular weight excluding hydrogens is 400 g/mol. The smallest absolute Gasteiger partial charge is 0.227 e. The van der Waals surface area contributed by atoms with Crippen LogP contribution in [0.15, 0.2) is 67.0 Å². The Morgan fingerprint density at radius 3 is 2.47 bits per heavy atom. The minimum Gasteiger partial charge on any atom is -0.497 e. The molecule has 0 radical (unpaired) electrons. The molecule has 6 nitrogen and oxygen atoms in total. The SMILES string of the molecule is COc1ccc(CC(=O)N2Cc3nn(-c4ccc(C)cc4C)c(-n4cccc4)c3C2)cc1. The fourth-order valence-electron chi connectivity index (χ4n) is 4.36. The molecule has 0 bridgehead atoms. The fourth-order valence-corrected chi connectivity index (χ4v) is 4.36. The molecule has 1 aliphatic rings. The number of nitrogens with zero attached hydrogens (tertiary/aromatic N) is 4. The third kappa shape index (κ3) is 3.58. The topological polar surface area (TPSA) is 52.3 Å². The Morgan fingerprint density at radius 1 is 1.03 bits per heavy atom. The van der Waals surface area contributed by atoms with Crippen LogP contribution in [0.4, 0.5) is 0 Å². The predicted molar refractivity (Wildman–Crippen MR) is 123 cm³/mol. The maximum Gasteiger partial charge on any atom is 0.227 e. The summed E-state index contributed by atoms with van der Waals surface area (Å²) in [7, 11) is 1.64. The minimum atomic E-state index is 0.102. The Labute approximate surface area is 187 Å². The molecule has 0 spiro atoms. The van der Waals surface area contributed by atoms with Crippen LogP contribution in [0.1, 0.15) is 27.9 Å². The molecule has 2 aromatic carbocycles. The van der Waals surface area contributed by atoms with E-state index in [-0.39, 0.29) is 5.91 Å². The molecule has 1 amide bonds. The highest BCUT2D eigenvalue weighted by molar-refractivity contribution is 5.79. The van der Waals surface area contributed by atoms with E-state index in [1.165, 1.54) is 11.1 Å². The summed E-state index contributed by atoms with van der Waals surface area (Å²) in [6.45, 7) is 5.29. The van der Waals surface area contributed by atoms with E-state index in [4.69, 9.17) is 9.84 Å². The number of amides is 1. The van der Waals surface area contributed by atoms with Crippen LogP contribution in [0.25, 0.3) is 11.5 Å². The molecule has 2 aromatic heterocycles. The van der Waals surface area contributed by atoms with E-state index < -0.39 is 0 Å². The van der Waals surface area contributed by atoms with Crippen LogP contribution in [-0.4, -0.2) is 32.3 Å². The average Bonchev–Trinajstić information content (AvgIpc) is 3.50. The number of hydrogen-bond acceptors (Lipinski definition) is 3. The molecule has 3 heterocycles. The lowest BCUT2D eigenvalue weighted by atomic mass is 10.1. The van der Waals surface area contributed by atoms with Crippen LogP contribution in [-0.2, 0) is 24.3 Å². The van der Waals surface area contributed by atoms with E-state index in [2.05, 4.69) is 36.6 Å². The Hall–Kier alpha value is -3.80. The van der Waals surface area contributed by atoms with Crippen LogP contribution in [0, 0.1) is 13.8 Å². The summed E-state index contributed by atoms with van der Waals surface area (Å²) in [6, 6.07) is 18.1. The van der Waals surface area contributed by atoms with Crippen molar-refractivity contribution in [1.29, 1.82) is 0 Å². The molecule has 162 valence electrons. The number of ether oxygens (including phenoxy) is 1. The number of rotatable bonds is 5. The Bertz CT molecular complexity index is 1270. The van der Waals surface area contributed by atoms with Crippen LogP contribution in [0.2, 0.25) is 0 Å². The normalized spacial score (nSPS) is 12.8. The van der Waals surface area contributed by atoms with E-state index in [1.807, 2.05) is 58.4 Å². The van der Waals surface area contributed by atoms with Crippen molar-refractivity contribution < 1.29 is 9.53 Å². The zero-order valence-corrected chi connectivity index (χ0v) is 18.6. The summed E-state index contributed by atoms with van der Waals surface area (Å²) in [5.41, 5.74) is 6.49. The largest absolute Gasteiger partial charge is 0.497 e. The van der Waals surface area contributed by atoms with Gasteiger partial charge in [-0.1, -0.05) is 29.8 Å². The van der Waals surface area contributed by atoms with E-state index in [0.29, 0.717) is 19.5 Å². The molecule has 0 saturated carbocycles. The number of fused-ring (bicyclic) bond motifs is 1. The van der Waals surface area contributed by atoms with E-state index in [0.717, 1.165) is 34.1 Å². The summed E-state index contributed by atoms with van der Waals surface area (Å²) < 4.78 is 9.31. The van der Waals surface area contributed by atoms with Gasteiger partial charge in [0.05, 0.1) is 38.0 Å². The molecule has 6 heteroatoms. The highest BCUT2D eigenvalue weighted by atomic mass is 16.5. The second-order valence-corrected chi connectivity index (χ2v) is 8.32. The van der Waals surface area contributed by atoms with Crippen molar-refractivity contribution in [3.63, 3.8) is 0 Å². The average molecular weight is 427 g/mol. The first-order chi connectivity index (χ1) is 15.5. The molecule has 5 rings (SSSR count). The number of aryl methyl sites for hydroxylation is 2. The number of carbonyl (C=O) groups is 1. The zero-order valence-electron chi connectivity index (χ0n) is 18.6. The van der Waals surface area contributed by atoms with Gasteiger partial charge < -0.3 is 14.2 Å². The van der Waals surface area contributed by atoms with Gasteiger partial charge in [-0.25, -0.2) is 4.68 Å². The summed E-state index contributed by atoms with van der Waals surface area (Å²) >= 11 is 0. The monoisotopic (exact) mass is 426 g/mol. The van der Waals surface area contributed by atoms with Gasteiger partial charge in [0.1, 0.15) is 11.6 Å². The van der Waals surface area contributed by atoms with E-state index in [1.54, 1.807) is 7.11 Å². The van der Waals surface area contributed by atoms with Gasteiger partial charge >= 0.3 is 0 Å². The van der Waals surface area contributed by atoms with Gasteiger partial charge in [0.25, 0.3) is 0 Å². The molecule has 0 atom stereocenters. The molecular formula is C26H26N4O2. The van der Waals surface area contributed by atoms with Crippen molar-refractivity contribution in [1.82, 2.24) is 19.2 Å². The van der Waals surface area contributed by atoms with Gasteiger partial charge in [0.15, 0.2) is 0 Å². The van der Waals surface area contributed by atoms with Crippen molar-refractivity contribution in [3.05, 3.63) is 94.9 Å². The van der Waals surface area contributed by atoms with Crippen LogP contribution in [0.3, 0.4) is 0 Å². The molecule has 0 N–H and O–H groups in total. The fraction of sp³-hybridized carbons (Fsp3) is 0.231. The standard InChI is InChI=1S/C26H26N4O2/c1-18-6-11-24(19(2)14-18)30-26(28-12-4-5-13-28)22-16-29(17-23(22)27-30)25(31)15-20-7-9-21(32-3)10-8-20/h4-14H,15-17H2,1-3H3. The van der Waals surface area contributed by atoms with Crippen molar-refractivity contribution in [3.8, 4) is 17.3 Å². The summed E-state index contributed by atoms with van der Waals surface area (Å²) in [4.78, 5) is 14.9. The lowest BCUT2D eigenvalue weighted by Crippen LogP contribution is -2.28. The number of benzene rings is 2. The Balaban J connectivity index is 1.45. The van der Waals surface area contributed by atoms with Gasteiger partial charge in [0.2, 0.25) is 5.91 Å². The molecule has 32 heavy (non-hydrogen) atoms. The quantitative estimate of drug-likeness (QED) is 0.476. The van der Waals surface area contributed by atoms with Crippen molar-refractivity contribution in [2.24, 2.45) is 0 Å². The lowest BCUT2D eigenvalue weighted by Gasteiger charge is -2.18. The molecule has 1 aliphatic heterocycles. The Kier molecular flexibility index (Phi) is 5.05. The Morgan fingerprint density at radius 2 is 1.78 bits per heavy atom. The maximum absolute atomic E-state index is 13.0. The number of hydrogen-bond donors (Lipinski definition) is 0. The first-order valence-corrected chi connectivity index (χ1v) is 10.8. The number of methoxy groups -OCH3 is 1. The van der Waals surface area contributed by atoms with Crippen molar-refractivity contribution in [2.75, 3.05) is 7.11 Å². The predicted octanol–water partition coefficient (Wildman–Crippen LogP) is 4.37. The zero-order chi connectivity index (χ0) is 22.2. The van der Waals surface area contributed by atoms with Gasteiger partial charge in [-0.05, 0) is 55.3 Å². The molecule has 0 fully saturated rings. The highest BCUT2D eigenvalue weighted by Gasteiger charge is 2.31. The molecule has 0 saturated heterocycles.